The lowest BCUT2D eigenvalue weighted by Crippen LogP contribution is -2.30. The maximum absolute atomic E-state index is 12.0. The molecule has 3 rings (SSSR count). The van der Waals surface area contributed by atoms with Crippen LogP contribution >= 0.6 is 0 Å². The molecule has 0 aromatic heterocycles. The van der Waals surface area contributed by atoms with Crippen molar-refractivity contribution in [3.8, 4) is 0 Å². The van der Waals surface area contributed by atoms with Crippen LogP contribution in [0.5, 0.6) is 0 Å². The molecule has 3 aliphatic rings. The molecule has 0 bridgehead atoms. The highest BCUT2D eigenvalue weighted by atomic mass is 16.6. The van der Waals surface area contributed by atoms with Crippen LogP contribution < -0.4 is 0 Å². The Morgan fingerprint density at radius 1 is 0.947 bits per heavy atom. The van der Waals surface area contributed by atoms with Crippen molar-refractivity contribution in [3.63, 3.8) is 0 Å². The van der Waals surface area contributed by atoms with Gasteiger partial charge in [-0.05, 0) is 50.4 Å². The molecule has 1 aliphatic heterocycles. The lowest BCUT2D eigenvalue weighted by Gasteiger charge is -2.29. The Kier molecular flexibility index (Phi) is 3.54. The summed E-state index contributed by atoms with van der Waals surface area (Å²) in [5, 5.41) is 0. The van der Waals surface area contributed by atoms with E-state index in [0.29, 0.717) is 12.3 Å². The highest BCUT2D eigenvalue weighted by molar-refractivity contribution is 5.96. The molecule has 102 valence electrons. The molecule has 3 heteroatoms. The Bertz CT molecular complexity index is 435. The van der Waals surface area contributed by atoms with Crippen LogP contribution in [0.2, 0.25) is 0 Å². The largest absolute Gasteiger partial charge is 0.393 e. The smallest absolute Gasteiger partial charge is 0.317 e. The van der Waals surface area contributed by atoms with Gasteiger partial charge in [0.15, 0.2) is 0 Å². The van der Waals surface area contributed by atoms with E-state index in [2.05, 4.69) is 18.2 Å². The normalized spacial score (nSPS) is 38.5. The number of hydrogen-bond donors (Lipinski definition) is 0. The summed E-state index contributed by atoms with van der Waals surface area (Å²) in [7, 11) is 0. The van der Waals surface area contributed by atoms with E-state index in [9.17, 15) is 9.59 Å². The van der Waals surface area contributed by atoms with Gasteiger partial charge < -0.3 is 4.74 Å². The van der Waals surface area contributed by atoms with E-state index in [1.165, 1.54) is 6.42 Å². The van der Waals surface area contributed by atoms with Crippen molar-refractivity contribution in [1.82, 2.24) is 0 Å². The lowest BCUT2D eigenvalue weighted by atomic mass is 9.72. The monoisotopic (exact) mass is 260 g/mol. The van der Waals surface area contributed by atoms with Crippen LogP contribution in [0, 0.1) is 23.7 Å². The van der Waals surface area contributed by atoms with E-state index in [1.807, 2.05) is 6.08 Å². The van der Waals surface area contributed by atoms with Crippen LogP contribution in [0.4, 0.5) is 0 Å². The van der Waals surface area contributed by atoms with Crippen LogP contribution in [0.3, 0.4) is 0 Å². The summed E-state index contributed by atoms with van der Waals surface area (Å²) in [4.78, 5) is 23.8. The zero-order valence-corrected chi connectivity index (χ0v) is 11.1. The summed E-state index contributed by atoms with van der Waals surface area (Å²) in [6.45, 7) is 0. The first-order valence-electron chi connectivity index (χ1n) is 7.33. The summed E-state index contributed by atoms with van der Waals surface area (Å²) in [5.41, 5.74) is 0. The summed E-state index contributed by atoms with van der Waals surface area (Å²) in [6, 6.07) is 0. The first-order chi connectivity index (χ1) is 9.27. The van der Waals surface area contributed by atoms with E-state index in [4.69, 9.17) is 4.74 Å². The van der Waals surface area contributed by atoms with Gasteiger partial charge in [-0.1, -0.05) is 24.3 Å². The van der Waals surface area contributed by atoms with Crippen molar-refractivity contribution in [2.45, 2.75) is 38.5 Å². The first kappa shape index (κ1) is 12.6. The molecule has 0 amide bonds. The average Bonchev–Trinajstić information content (AvgIpc) is 2.67. The van der Waals surface area contributed by atoms with E-state index in [0.717, 1.165) is 25.7 Å². The Morgan fingerprint density at radius 3 is 2.63 bits per heavy atom. The summed E-state index contributed by atoms with van der Waals surface area (Å²) < 4.78 is 4.89. The molecule has 0 spiro atoms. The summed E-state index contributed by atoms with van der Waals surface area (Å²) >= 11 is 0. The van der Waals surface area contributed by atoms with Gasteiger partial charge in [0.1, 0.15) is 0 Å². The molecule has 0 radical (unpaired) electrons. The van der Waals surface area contributed by atoms with Gasteiger partial charge in [0.25, 0.3) is 0 Å². The molecular weight excluding hydrogens is 240 g/mol. The molecule has 4 atom stereocenters. The molecule has 0 N–H and O–H groups in total. The van der Waals surface area contributed by atoms with Crippen molar-refractivity contribution in [3.05, 3.63) is 24.3 Å². The molecule has 0 saturated carbocycles. The Balaban J connectivity index is 1.85. The third-order valence-electron chi connectivity index (χ3n) is 4.79. The van der Waals surface area contributed by atoms with Gasteiger partial charge in [-0.2, -0.15) is 0 Å². The number of carbonyl (C=O) groups is 2. The second kappa shape index (κ2) is 5.32. The van der Waals surface area contributed by atoms with Gasteiger partial charge in [-0.15, -0.1) is 0 Å². The van der Waals surface area contributed by atoms with Gasteiger partial charge in [0.05, 0.1) is 11.8 Å². The van der Waals surface area contributed by atoms with E-state index in [-0.39, 0.29) is 29.7 Å². The van der Waals surface area contributed by atoms with Crippen molar-refractivity contribution >= 4 is 11.9 Å². The standard InChI is InChI=1S/C16H20O3/c17-15-13-10-6-5-9-12(14(13)16(18)19-15)11-7-3-1-2-4-8-11/h1,3,5-6,11-14H,2,4,7-10H2. The van der Waals surface area contributed by atoms with Crippen LogP contribution in [0.1, 0.15) is 38.5 Å². The van der Waals surface area contributed by atoms with Crippen LogP contribution in [-0.4, -0.2) is 11.9 Å². The average molecular weight is 260 g/mol. The number of cyclic esters (lactones) is 2. The number of fused-ring (bicyclic) bond motifs is 1. The first-order valence-corrected chi connectivity index (χ1v) is 7.33. The molecular formula is C16H20O3. The quantitative estimate of drug-likeness (QED) is 0.413. The second-order valence-electron chi connectivity index (χ2n) is 5.88. The number of ether oxygens (including phenoxy) is 1. The van der Waals surface area contributed by atoms with Crippen molar-refractivity contribution in [2.75, 3.05) is 0 Å². The van der Waals surface area contributed by atoms with Gasteiger partial charge >= 0.3 is 11.9 Å². The Labute approximate surface area is 113 Å². The molecule has 3 nitrogen and oxygen atoms in total. The van der Waals surface area contributed by atoms with Crippen LogP contribution in [0.15, 0.2) is 24.3 Å². The van der Waals surface area contributed by atoms with Crippen LogP contribution in [-0.2, 0) is 14.3 Å². The number of esters is 2. The second-order valence-corrected chi connectivity index (χ2v) is 5.88. The topological polar surface area (TPSA) is 43.4 Å². The third-order valence-corrected chi connectivity index (χ3v) is 4.79. The van der Waals surface area contributed by atoms with Gasteiger partial charge in [0, 0.05) is 0 Å². The van der Waals surface area contributed by atoms with E-state index >= 15 is 0 Å². The Hall–Kier alpha value is -1.38. The van der Waals surface area contributed by atoms with Gasteiger partial charge in [-0.25, -0.2) is 0 Å². The van der Waals surface area contributed by atoms with Crippen molar-refractivity contribution < 1.29 is 14.3 Å². The number of rotatable bonds is 1. The minimum absolute atomic E-state index is 0.209. The Morgan fingerprint density at radius 2 is 1.74 bits per heavy atom. The molecule has 2 aliphatic carbocycles. The molecule has 4 unspecified atom stereocenters. The molecule has 1 fully saturated rings. The summed E-state index contributed by atoms with van der Waals surface area (Å²) in [5.74, 6) is -0.256. The maximum atomic E-state index is 12.0. The maximum Gasteiger partial charge on any atom is 0.317 e. The minimum Gasteiger partial charge on any atom is -0.393 e. The molecule has 1 saturated heterocycles. The predicted molar refractivity (Wildman–Crippen MR) is 71.0 cm³/mol. The van der Waals surface area contributed by atoms with E-state index < -0.39 is 0 Å². The van der Waals surface area contributed by atoms with Crippen molar-refractivity contribution in [2.24, 2.45) is 23.7 Å². The summed E-state index contributed by atoms with van der Waals surface area (Å²) in [6.07, 6.45) is 14.7. The minimum atomic E-state index is -0.310. The molecule has 19 heavy (non-hydrogen) atoms. The highest BCUT2D eigenvalue weighted by Gasteiger charge is 2.49. The lowest BCUT2D eigenvalue weighted by molar-refractivity contribution is -0.154. The van der Waals surface area contributed by atoms with Crippen molar-refractivity contribution in [1.29, 1.82) is 0 Å². The molecule has 0 aromatic rings. The zero-order chi connectivity index (χ0) is 13.2. The number of hydrogen-bond acceptors (Lipinski definition) is 3. The highest BCUT2D eigenvalue weighted by Crippen LogP contribution is 2.43. The third kappa shape index (κ3) is 2.38. The fraction of sp³-hybridized carbons (Fsp3) is 0.625. The zero-order valence-electron chi connectivity index (χ0n) is 11.1. The SMILES string of the molecule is O=C1OC(=O)C2C1CC=CCC2C1CC=CCCC1. The predicted octanol–water partition coefficient (Wildman–Crippen LogP) is 3.01. The number of allylic oxidation sites excluding steroid dienone is 4. The molecule has 0 aromatic carbocycles. The molecule has 1 heterocycles. The fourth-order valence-corrected chi connectivity index (χ4v) is 3.79. The van der Waals surface area contributed by atoms with E-state index in [1.54, 1.807) is 0 Å². The fourth-order valence-electron chi connectivity index (χ4n) is 3.79. The number of carbonyl (C=O) groups excluding carboxylic acids is 2. The van der Waals surface area contributed by atoms with Crippen LogP contribution in [0.25, 0.3) is 0 Å². The van der Waals surface area contributed by atoms with Gasteiger partial charge in [-0.3, -0.25) is 9.59 Å². The van der Waals surface area contributed by atoms with Gasteiger partial charge in [0.2, 0.25) is 0 Å².